The molecule has 0 saturated carbocycles. The number of hydrogen-bond donors (Lipinski definition) is 1. The average molecular weight is 478 g/mol. The fourth-order valence-corrected chi connectivity index (χ4v) is 4.13. The lowest BCUT2D eigenvalue weighted by Gasteiger charge is -2.19. The fourth-order valence-electron chi connectivity index (χ4n) is 3.34. The van der Waals surface area contributed by atoms with Crippen LogP contribution in [-0.2, 0) is 16.0 Å². The Kier molecular flexibility index (Phi) is 6.79. The number of carbonyl (C=O) groups is 1. The smallest absolute Gasteiger partial charge is 0.287 e. The minimum absolute atomic E-state index is 0.0669. The Balaban J connectivity index is 1.28. The maximum atomic E-state index is 12.3. The van der Waals surface area contributed by atoms with Crippen molar-refractivity contribution in [1.29, 1.82) is 0 Å². The zero-order chi connectivity index (χ0) is 24.3. The van der Waals surface area contributed by atoms with E-state index in [0.29, 0.717) is 34.3 Å². The van der Waals surface area contributed by atoms with Crippen LogP contribution in [-0.4, -0.2) is 22.1 Å². The van der Waals surface area contributed by atoms with Gasteiger partial charge in [0, 0.05) is 28.5 Å². The molecule has 0 radical (unpaired) electrons. The van der Waals surface area contributed by atoms with Crippen molar-refractivity contribution in [2.24, 2.45) is 0 Å². The van der Waals surface area contributed by atoms with Crippen LogP contribution in [0.25, 0.3) is 5.65 Å². The Bertz CT molecular complexity index is 1350. The van der Waals surface area contributed by atoms with Gasteiger partial charge in [0.25, 0.3) is 11.5 Å². The summed E-state index contributed by atoms with van der Waals surface area (Å²) in [6.07, 6.45) is 0. The van der Waals surface area contributed by atoms with E-state index in [1.807, 2.05) is 48.5 Å². The highest BCUT2D eigenvalue weighted by Gasteiger charge is 2.13. The summed E-state index contributed by atoms with van der Waals surface area (Å²) in [5.74, 6) is 1.61. The number of nitrogens with zero attached hydrogens (tertiary/aromatic N) is 2. The van der Waals surface area contributed by atoms with Gasteiger partial charge >= 0.3 is 0 Å². The highest BCUT2D eigenvalue weighted by atomic mass is 32.2. The van der Waals surface area contributed by atoms with Gasteiger partial charge < -0.3 is 14.6 Å². The van der Waals surface area contributed by atoms with E-state index in [1.165, 1.54) is 16.2 Å². The standard InChI is InChI=1S/C26H27N3O4S/c1-17-13-23-27-20(14-25(31)29(23)33-17)16-34-22-11-7-19(8-12-22)28-24(30)15-32-21-9-5-18(6-10-21)26(2,3)4/h5-14H,15-16H2,1-4H3,(H,28,30). The van der Waals surface area contributed by atoms with E-state index in [1.54, 1.807) is 24.8 Å². The maximum absolute atomic E-state index is 12.3. The summed E-state index contributed by atoms with van der Waals surface area (Å²) in [6, 6.07) is 18.5. The molecule has 1 N–H and O–H groups in total. The van der Waals surface area contributed by atoms with E-state index in [9.17, 15) is 9.59 Å². The molecule has 34 heavy (non-hydrogen) atoms. The fraction of sp³-hybridized carbons (Fsp3) is 0.269. The van der Waals surface area contributed by atoms with Gasteiger partial charge in [-0.25, -0.2) is 4.98 Å². The highest BCUT2D eigenvalue weighted by molar-refractivity contribution is 7.98. The molecule has 1 amide bonds. The summed E-state index contributed by atoms with van der Waals surface area (Å²) >= 11 is 1.56. The SMILES string of the molecule is Cc1cc2nc(CSc3ccc(NC(=O)COc4ccc(C(C)(C)C)cc4)cc3)cc(=O)n2o1. The molecule has 0 aliphatic heterocycles. The summed E-state index contributed by atoms with van der Waals surface area (Å²) in [5, 5.41) is 2.84. The van der Waals surface area contributed by atoms with Crippen molar-refractivity contribution in [3.05, 3.63) is 88.0 Å². The molecule has 2 heterocycles. The average Bonchev–Trinajstić information content (AvgIpc) is 3.18. The molecule has 0 fully saturated rings. The van der Waals surface area contributed by atoms with E-state index in [2.05, 4.69) is 31.1 Å². The van der Waals surface area contributed by atoms with Gasteiger partial charge in [0.15, 0.2) is 12.3 Å². The summed E-state index contributed by atoms with van der Waals surface area (Å²) in [6.45, 7) is 8.17. The predicted octanol–water partition coefficient (Wildman–Crippen LogP) is 5.20. The number of rotatable bonds is 7. The van der Waals surface area contributed by atoms with Gasteiger partial charge in [-0.05, 0) is 54.3 Å². The quantitative estimate of drug-likeness (QED) is 0.368. The van der Waals surface area contributed by atoms with Crippen LogP contribution in [0.15, 0.2) is 74.9 Å². The van der Waals surface area contributed by atoms with Crippen molar-refractivity contribution >= 4 is 29.0 Å². The molecular weight excluding hydrogens is 450 g/mol. The van der Waals surface area contributed by atoms with Gasteiger partial charge in [0.05, 0.1) is 5.69 Å². The number of carbonyl (C=O) groups excluding carboxylic acids is 1. The van der Waals surface area contributed by atoms with Gasteiger partial charge in [0.1, 0.15) is 11.5 Å². The number of amides is 1. The molecule has 4 rings (SSSR count). The molecule has 0 bridgehead atoms. The van der Waals surface area contributed by atoms with Crippen LogP contribution in [0.3, 0.4) is 0 Å². The van der Waals surface area contributed by atoms with Crippen LogP contribution < -0.4 is 15.6 Å². The third kappa shape index (κ3) is 5.88. The number of thioether (sulfide) groups is 1. The molecule has 0 spiro atoms. The number of nitrogens with one attached hydrogen (secondary N) is 1. The molecule has 7 nitrogen and oxygen atoms in total. The Hall–Kier alpha value is -3.52. The zero-order valence-electron chi connectivity index (χ0n) is 19.6. The van der Waals surface area contributed by atoms with Crippen molar-refractivity contribution in [1.82, 2.24) is 9.56 Å². The summed E-state index contributed by atoms with van der Waals surface area (Å²) in [5.41, 5.74) is 2.92. The van der Waals surface area contributed by atoms with E-state index >= 15 is 0 Å². The maximum Gasteiger partial charge on any atom is 0.287 e. The van der Waals surface area contributed by atoms with Crippen LogP contribution in [0.1, 0.15) is 37.8 Å². The first-order valence-corrected chi connectivity index (χ1v) is 11.9. The van der Waals surface area contributed by atoms with E-state index in [0.717, 1.165) is 4.90 Å². The Morgan fingerprint density at radius 3 is 2.47 bits per heavy atom. The van der Waals surface area contributed by atoms with Crippen molar-refractivity contribution in [2.45, 2.75) is 43.8 Å². The number of aryl methyl sites for hydroxylation is 1. The van der Waals surface area contributed by atoms with Gasteiger partial charge in [0.2, 0.25) is 0 Å². The topological polar surface area (TPSA) is 85.8 Å². The molecule has 0 unspecified atom stereocenters. The first-order valence-electron chi connectivity index (χ1n) is 10.9. The first-order chi connectivity index (χ1) is 16.2. The zero-order valence-corrected chi connectivity index (χ0v) is 20.4. The van der Waals surface area contributed by atoms with Crippen molar-refractivity contribution in [3.63, 3.8) is 0 Å². The van der Waals surface area contributed by atoms with Gasteiger partial charge in [-0.2, -0.15) is 0 Å². The molecule has 176 valence electrons. The summed E-state index contributed by atoms with van der Waals surface area (Å²) < 4.78 is 12.1. The Morgan fingerprint density at radius 1 is 1.09 bits per heavy atom. The first kappa shape index (κ1) is 23.6. The van der Waals surface area contributed by atoms with Crippen molar-refractivity contribution in [2.75, 3.05) is 11.9 Å². The Labute approximate surface area is 202 Å². The van der Waals surface area contributed by atoms with Crippen molar-refractivity contribution in [3.8, 4) is 5.75 Å². The second-order valence-electron chi connectivity index (χ2n) is 9.01. The molecule has 2 aromatic carbocycles. The second kappa shape index (κ2) is 9.77. The number of benzene rings is 2. The highest BCUT2D eigenvalue weighted by Crippen LogP contribution is 2.25. The molecule has 4 aromatic rings. The van der Waals surface area contributed by atoms with Crippen LogP contribution >= 0.6 is 11.8 Å². The third-order valence-electron chi connectivity index (χ3n) is 5.14. The Morgan fingerprint density at radius 2 is 1.79 bits per heavy atom. The van der Waals surface area contributed by atoms with Gasteiger partial charge in [-0.15, -0.1) is 16.3 Å². The van der Waals surface area contributed by atoms with Crippen LogP contribution in [0, 0.1) is 6.92 Å². The lowest BCUT2D eigenvalue weighted by Crippen LogP contribution is -2.20. The third-order valence-corrected chi connectivity index (χ3v) is 6.18. The number of fused-ring (bicyclic) bond motifs is 1. The minimum atomic E-state index is -0.237. The van der Waals surface area contributed by atoms with E-state index < -0.39 is 0 Å². The number of anilines is 1. The van der Waals surface area contributed by atoms with E-state index in [4.69, 9.17) is 9.26 Å². The largest absolute Gasteiger partial charge is 0.484 e. The number of aromatic nitrogens is 2. The lowest BCUT2D eigenvalue weighted by atomic mass is 9.87. The number of ether oxygens (including phenoxy) is 1. The van der Waals surface area contributed by atoms with E-state index in [-0.39, 0.29) is 23.5 Å². The molecule has 0 saturated heterocycles. The van der Waals surface area contributed by atoms with Gasteiger partial charge in [-0.3, -0.25) is 9.59 Å². The van der Waals surface area contributed by atoms with Crippen LogP contribution in [0.5, 0.6) is 5.75 Å². The second-order valence-corrected chi connectivity index (χ2v) is 10.1. The van der Waals surface area contributed by atoms with Crippen LogP contribution in [0.2, 0.25) is 0 Å². The van der Waals surface area contributed by atoms with Crippen LogP contribution in [0.4, 0.5) is 5.69 Å². The molecule has 0 aliphatic rings. The monoisotopic (exact) mass is 477 g/mol. The molecule has 2 aromatic heterocycles. The predicted molar refractivity (Wildman–Crippen MR) is 134 cm³/mol. The molecule has 0 aliphatic carbocycles. The number of hydrogen-bond acceptors (Lipinski definition) is 6. The normalized spacial score (nSPS) is 11.5. The van der Waals surface area contributed by atoms with Crippen molar-refractivity contribution < 1.29 is 14.1 Å². The molecule has 0 atom stereocenters. The van der Waals surface area contributed by atoms with Gasteiger partial charge in [-0.1, -0.05) is 32.9 Å². The summed E-state index contributed by atoms with van der Waals surface area (Å²) in [7, 11) is 0. The summed E-state index contributed by atoms with van der Waals surface area (Å²) in [4.78, 5) is 29.9. The lowest BCUT2D eigenvalue weighted by molar-refractivity contribution is -0.118. The molecule has 8 heteroatoms. The minimum Gasteiger partial charge on any atom is -0.484 e. The molecular formula is C26H27N3O4S.